The molecule has 0 aliphatic carbocycles. The van der Waals surface area contributed by atoms with E-state index < -0.39 is 0 Å². The molecule has 4 nitrogen and oxygen atoms in total. The lowest BCUT2D eigenvalue weighted by Gasteiger charge is -2.17. The van der Waals surface area contributed by atoms with E-state index in [1.165, 1.54) is 0 Å². The Labute approximate surface area is 141 Å². The zero-order valence-electron chi connectivity index (χ0n) is 11.9. The third-order valence-corrected chi connectivity index (χ3v) is 4.34. The van der Waals surface area contributed by atoms with Crippen LogP contribution in [0.2, 0.25) is 0 Å². The molecule has 0 radical (unpaired) electrons. The van der Waals surface area contributed by atoms with E-state index in [0.717, 1.165) is 26.0 Å². The molecule has 0 spiro atoms. The van der Waals surface area contributed by atoms with Crippen LogP contribution < -0.4 is 10.1 Å². The van der Waals surface area contributed by atoms with Crippen molar-refractivity contribution in [2.24, 2.45) is 0 Å². The van der Waals surface area contributed by atoms with Crippen molar-refractivity contribution in [2.75, 3.05) is 27.4 Å². The molecule has 1 unspecified atom stereocenters. The van der Waals surface area contributed by atoms with Crippen molar-refractivity contribution in [3.8, 4) is 5.75 Å². The normalized spacial score (nSPS) is 12.4. The Morgan fingerprint density at radius 2 is 2.05 bits per heavy atom. The molecule has 114 valence electrons. The van der Waals surface area contributed by atoms with Crippen LogP contribution in [0.1, 0.15) is 17.2 Å². The predicted molar refractivity (Wildman–Crippen MR) is 88.8 cm³/mol. The number of hydrogen-bond donors (Lipinski definition) is 1. The maximum absolute atomic E-state index is 5.64. The molecule has 2 rings (SSSR count). The fraction of sp³-hybridized carbons (Fsp3) is 0.333. The third kappa shape index (κ3) is 4.10. The molecule has 0 amide bonds. The molecule has 1 aromatic heterocycles. The van der Waals surface area contributed by atoms with Gasteiger partial charge in [-0.1, -0.05) is 6.07 Å². The summed E-state index contributed by atoms with van der Waals surface area (Å²) in [6, 6.07) is 8.02. The van der Waals surface area contributed by atoms with Crippen molar-refractivity contribution in [1.82, 2.24) is 5.32 Å². The summed E-state index contributed by atoms with van der Waals surface area (Å²) in [7, 11) is 3.57. The summed E-state index contributed by atoms with van der Waals surface area (Å²) in [6.07, 6.45) is 1.67. The van der Waals surface area contributed by atoms with E-state index in [4.69, 9.17) is 13.9 Å². The Hall–Kier alpha value is -0.820. The molecule has 6 heteroatoms. The van der Waals surface area contributed by atoms with E-state index in [1.54, 1.807) is 13.4 Å². The standard InChI is InChI=1S/C15H17Br2NO3/c1-18-14(11-5-6-21-15(11)17)10-3-4-13(12(16)9-10)20-8-7-19-2/h3-6,9,14,18H,7-8H2,1-2H3. The number of nitrogens with one attached hydrogen (secondary N) is 1. The molecule has 0 aliphatic rings. The van der Waals surface area contributed by atoms with Gasteiger partial charge in [-0.15, -0.1) is 0 Å². The zero-order chi connectivity index (χ0) is 15.2. The van der Waals surface area contributed by atoms with Crippen LogP contribution in [-0.2, 0) is 4.74 Å². The highest BCUT2D eigenvalue weighted by Gasteiger charge is 2.18. The molecule has 1 atom stereocenters. The molecular weight excluding hydrogens is 402 g/mol. The summed E-state index contributed by atoms with van der Waals surface area (Å²) >= 11 is 6.97. The number of furan rings is 1. The SMILES string of the molecule is CNC(c1ccc(OCCOC)c(Br)c1)c1ccoc1Br. The number of ether oxygens (including phenoxy) is 2. The Kier molecular flexibility index (Phi) is 6.29. The van der Waals surface area contributed by atoms with E-state index in [2.05, 4.69) is 37.2 Å². The number of methoxy groups -OCH3 is 1. The van der Waals surface area contributed by atoms with Crippen molar-refractivity contribution in [3.63, 3.8) is 0 Å². The minimum Gasteiger partial charge on any atom is -0.490 e. The second-order valence-electron chi connectivity index (χ2n) is 4.40. The summed E-state index contributed by atoms with van der Waals surface area (Å²) in [6.45, 7) is 1.09. The quantitative estimate of drug-likeness (QED) is 0.686. The minimum absolute atomic E-state index is 0.0439. The molecule has 21 heavy (non-hydrogen) atoms. The lowest BCUT2D eigenvalue weighted by molar-refractivity contribution is 0.146. The highest BCUT2D eigenvalue weighted by Crippen LogP contribution is 2.33. The van der Waals surface area contributed by atoms with Crippen molar-refractivity contribution in [1.29, 1.82) is 0 Å². The highest BCUT2D eigenvalue weighted by molar-refractivity contribution is 9.10. The van der Waals surface area contributed by atoms with Gasteiger partial charge in [0.1, 0.15) is 12.4 Å². The Morgan fingerprint density at radius 1 is 1.24 bits per heavy atom. The van der Waals surface area contributed by atoms with Crippen LogP contribution in [0.25, 0.3) is 0 Å². The van der Waals surface area contributed by atoms with Gasteiger partial charge in [-0.05, 0) is 62.7 Å². The third-order valence-electron chi connectivity index (χ3n) is 3.08. The van der Waals surface area contributed by atoms with Gasteiger partial charge in [0, 0.05) is 12.7 Å². The van der Waals surface area contributed by atoms with Gasteiger partial charge < -0.3 is 19.2 Å². The van der Waals surface area contributed by atoms with Crippen molar-refractivity contribution >= 4 is 31.9 Å². The van der Waals surface area contributed by atoms with Crippen LogP contribution in [0.4, 0.5) is 0 Å². The topological polar surface area (TPSA) is 43.6 Å². The minimum atomic E-state index is 0.0439. The highest BCUT2D eigenvalue weighted by atomic mass is 79.9. The van der Waals surface area contributed by atoms with Crippen LogP contribution in [0.15, 0.2) is 44.1 Å². The summed E-state index contributed by atoms with van der Waals surface area (Å²) in [5.74, 6) is 0.803. The maximum atomic E-state index is 5.64. The van der Waals surface area contributed by atoms with Gasteiger partial charge in [0.15, 0.2) is 4.67 Å². The van der Waals surface area contributed by atoms with Crippen LogP contribution in [0.5, 0.6) is 5.75 Å². The van der Waals surface area contributed by atoms with Gasteiger partial charge in [-0.3, -0.25) is 0 Å². The fourth-order valence-electron chi connectivity index (χ4n) is 2.06. The average Bonchev–Trinajstić information content (AvgIpc) is 2.89. The first-order valence-corrected chi connectivity index (χ1v) is 8.07. The number of halogens is 2. The maximum Gasteiger partial charge on any atom is 0.174 e. The summed E-state index contributed by atoms with van der Waals surface area (Å²) in [5, 5.41) is 3.29. The van der Waals surface area contributed by atoms with E-state index in [0.29, 0.717) is 13.2 Å². The first-order chi connectivity index (χ1) is 10.2. The molecule has 1 N–H and O–H groups in total. The van der Waals surface area contributed by atoms with Crippen molar-refractivity contribution < 1.29 is 13.9 Å². The molecule has 0 bridgehead atoms. The van der Waals surface area contributed by atoms with E-state index in [9.17, 15) is 0 Å². The number of rotatable bonds is 7. The molecule has 0 aliphatic heterocycles. The molecule has 2 aromatic rings. The average molecular weight is 419 g/mol. The number of benzene rings is 1. The monoisotopic (exact) mass is 417 g/mol. The van der Waals surface area contributed by atoms with Crippen LogP contribution >= 0.6 is 31.9 Å². The second kappa shape index (κ2) is 7.98. The van der Waals surface area contributed by atoms with E-state index in [1.807, 2.05) is 31.3 Å². The van der Waals surface area contributed by atoms with Crippen molar-refractivity contribution in [3.05, 3.63) is 50.8 Å². The van der Waals surface area contributed by atoms with Crippen LogP contribution in [0.3, 0.4) is 0 Å². The van der Waals surface area contributed by atoms with Crippen molar-refractivity contribution in [2.45, 2.75) is 6.04 Å². The summed E-state index contributed by atoms with van der Waals surface area (Å²) in [4.78, 5) is 0. The first kappa shape index (κ1) is 16.5. The van der Waals surface area contributed by atoms with Gasteiger partial charge in [0.05, 0.1) is 23.4 Å². The largest absolute Gasteiger partial charge is 0.490 e. The Morgan fingerprint density at radius 3 is 2.62 bits per heavy atom. The molecule has 0 fully saturated rings. The lowest BCUT2D eigenvalue weighted by Crippen LogP contribution is -2.17. The van der Waals surface area contributed by atoms with E-state index in [-0.39, 0.29) is 6.04 Å². The lowest BCUT2D eigenvalue weighted by atomic mass is 10.0. The van der Waals surface area contributed by atoms with Crippen LogP contribution in [-0.4, -0.2) is 27.4 Å². The second-order valence-corrected chi connectivity index (χ2v) is 5.98. The summed E-state index contributed by atoms with van der Waals surface area (Å²) in [5.41, 5.74) is 2.17. The van der Waals surface area contributed by atoms with Gasteiger partial charge in [0.2, 0.25) is 0 Å². The molecule has 1 heterocycles. The zero-order valence-corrected chi connectivity index (χ0v) is 15.0. The smallest absolute Gasteiger partial charge is 0.174 e. The molecule has 0 saturated heterocycles. The molecule has 0 saturated carbocycles. The van der Waals surface area contributed by atoms with Gasteiger partial charge in [-0.25, -0.2) is 0 Å². The van der Waals surface area contributed by atoms with Gasteiger partial charge in [0.25, 0.3) is 0 Å². The fourth-order valence-corrected chi connectivity index (χ4v) is 3.04. The first-order valence-electron chi connectivity index (χ1n) is 6.48. The molecular formula is C15H17Br2NO3. The predicted octanol–water partition coefficient (Wildman–Crippen LogP) is 4.14. The molecule has 1 aromatic carbocycles. The number of hydrogen-bond acceptors (Lipinski definition) is 4. The van der Waals surface area contributed by atoms with E-state index >= 15 is 0 Å². The van der Waals surface area contributed by atoms with Crippen LogP contribution in [0, 0.1) is 0 Å². The van der Waals surface area contributed by atoms with Gasteiger partial charge >= 0.3 is 0 Å². The summed E-state index contributed by atoms with van der Waals surface area (Å²) < 4.78 is 17.6. The Bertz CT molecular complexity index is 586. The Balaban J connectivity index is 2.20. The van der Waals surface area contributed by atoms with Gasteiger partial charge in [-0.2, -0.15) is 0 Å².